The molecule has 1 atom stereocenters. The first-order valence-corrected chi connectivity index (χ1v) is 5.65. The molecule has 0 saturated carbocycles. The Morgan fingerprint density at radius 2 is 1.82 bits per heavy atom. The molecule has 0 amide bonds. The molecule has 5 heteroatoms. The van der Waals surface area contributed by atoms with Gasteiger partial charge in [-0.2, -0.15) is 0 Å². The maximum atomic E-state index is 4.34. The maximum Gasteiger partial charge on any atom is 0.223 e. The summed E-state index contributed by atoms with van der Waals surface area (Å²) < 4.78 is 0. The minimum absolute atomic E-state index is 0.0601. The molecule has 0 aliphatic rings. The zero-order valence-corrected chi connectivity index (χ0v) is 10.6. The number of nitrogens with zero attached hydrogens (tertiary/aromatic N) is 3. The molecular formula is C12H17N5. The molecule has 2 heterocycles. The highest BCUT2D eigenvalue weighted by Crippen LogP contribution is 2.14. The topological polar surface area (TPSA) is 66.5 Å². The highest BCUT2D eigenvalue weighted by molar-refractivity contribution is 5.30. The fourth-order valence-corrected chi connectivity index (χ4v) is 1.71. The van der Waals surface area contributed by atoms with Gasteiger partial charge in [-0.25, -0.2) is 15.0 Å². The molecule has 2 N–H and O–H groups in total. The predicted octanol–water partition coefficient (Wildman–Crippen LogP) is 2.30. The summed E-state index contributed by atoms with van der Waals surface area (Å²) in [5.41, 5.74) is 2.97. The molecular weight excluding hydrogens is 214 g/mol. The Morgan fingerprint density at radius 3 is 2.35 bits per heavy atom. The van der Waals surface area contributed by atoms with E-state index >= 15 is 0 Å². The average molecular weight is 231 g/mol. The van der Waals surface area contributed by atoms with Crippen LogP contribution < -0.4 is 5.32 Å². The van der Waals surface area contributed by atoms with E-state index in [4.69, 9.17) is 0 Å². The van der Waals surface area contributed by atoms with E-state index in [0.717, 1.165) is 22.9 Å². The molecule has 17 heavy (non-hydrogen) atoms. The lowest BCUT2D eigenvalue weighted by atomic mass is 10.3. The number of imidazole rings is 1. The predicted molar refractivity (Wildman–Crippen MR) is 66.9 cm³/mol. The Bertz CT molecular complexity index is 497. The van der Waals surface area contributed by atoms with E-state index in [9.17, 15) is 0 Å². The second-order valence-electron chi connectivity index (χ2n) is 4.29. The fourth-order valence-electron chi connectivity index (χ4n) is 1.71. The van der Waals surface area contributed by atoms with Crippen LogP contribution in [0, 0.1) is 20.8 Å². The second kappa shape index (κ2) is 4.53. The van der Waals surface area contributed by atoms with Crippen molar-refractivity contribution >= 4 is 5.95 Å². The summed E-state index contributed by atoms with van der Waals surface area (Å²) in [6, 6.07) is 2.01. The molecule has 5 nitrogen and oxygen atoms in total. The van der Waals surface area contributed by atoms with E-state index in [1.807, 2.05) is 40.0 Å². The van der Waals surface area contributed by atoms with Gasteiger partial charge in [-0.15, -0.1) is 0 Å². The average Bonchev–Trinajstić information content (AvgIpc) is 2.63. The Labute approximate surface area is 101 Å². The zero-order chi connectivity index (χ0) is 12.4. The number of aryl methyl sites for hydroxylation is 3. The van der Waals surface area contributed by atoms with Crippen molar-refractivity contribution in [3.05, 3.63) is 35.2 Å². The van der Waals surface area contributed by atoms with Crippen LogP contribution in [0.15, 0.2) is 12.3 Å². The van der Waals surface area contributed by atoms with Gasteiger partial charge in [0.1, 0.15) is 5.82 Å². The Hall–Kier alpha value is -1.91. The highest BCUT2D eigenvalue weighted by atomic mass is 15.1. The lowest BCUT2D eigenvalue weighted by Gasteiger charge is -2.12. The van der Waals surface area contributed by atoms with Gasteiger partial charge in [0, 0.05) is 23.3 Å². The first-order valence-electron chi connectivity index (χ1n) is 5.65. The third kappa shape index (κ3) is 2.81. The van der Waals surface area contributed by atoms with Crippen molar-refractivity contribution in [3.8, 4) is 0 Å². The van der Waals surface area contributed by atoms with Crippen LogP contribution in [0.1, 0.15) is 35.9 Å². The van der Waals surface area contributed by atoms with Crippen LogP contribution in [0.5, 0.6) is 0 Å². The van der Waals surface area contributed by atoms with Gasteiger partial charge in [0.15, 0.2) is 0 Å². The molecule has 2 rings (SSSR count). The van der Waals surface area contributed by atoms with Gasteiger partial charge >= 0.3 is 0 Å². The van der Waals surface area contributed by atoms with E-state index < -0.39 is 0 Å². The minimum atomic E-state index is 0.0601. The molecule has 2 aromatic heterocycles. The molecule has 0 radical (unpaired) electrons. The van der Waals surface area contributed by atoms with Crippen molar-refractivity contribution in [2.45, 2.75) is 33.7 Å². The standard InChI is InChI=1S/C12H17N5/c1-7-5-8(2)16-12(15-7)17-10(4)11-13-6-9(3)14-11/h5-6,10H,1-4H3,(H,13,14)(H,15,16,17). The first-order chi connectivity index (χ1) is 8.04. The summed E-state index contributed by atoms with van der Waals surface area (Å²) in [6.07, 6.45) is 1.82. The molecule has 1 unspecified atom stereocenters. The van der Waals surface area contributed by atoms with Crippen LogP contribution in [0.2, 0.25) is 0 Å². The molecule has 0 aliphatic carbocycles. The number of nitrogens with one attached hydrogen (secondary N) is 2. The van der Waals surface area contributed by atoms with Crippen LogP contribution in [-0.4, -0.2) is 19.9 Å². The van der Waals surface area contributed by atoms with Crippen LogP contribution in [-0.2, 0) is 0 Å². The van der Waals surface area contributed by atoms with Crippen LogP contribution in [0.25, 0.3) is 0 Å². The summed E-state index contributed by atoms with van der Waals surface area (Å²) in [5.74, 6) is 1.54. The van der Waals surface area contributed by atoms with Gasteiger partial charge in [0.2, 0.25) is 5.95 Å². The van der Waals surface area contributed by atoms with Crippen LogP contribution >= 0.6 is 0 Å². The van der Waals surface area contributed by atoms with Crippen molar-refractivity contribution in [1.82, 2.24) is 19.9 Å². The molecule has 90 valence electrons. The summed E-state index contributed by atoms with van der Waals surface area (Å²) in [6.45, 7) is 7.93. The summed E-state index contributed by atoms with van der Waals surface area (Å²) in [4.78, 5) is 16.2. The van der Waals surface area contributed by atoms with Crippen molar-refractivity contribution in [2.24, 2.45) is 0 Å². The monoisotopic (exact) mass is 231 g/mol. The van der Waals surface area contributed by atoms with Gasteiger partial charge in [-0.1, -0.05) is 0 Å². The number of H-pyrrole nitrogens is 1. The van der Waals surface area contributed by atoms with E-state index in [1.165, 1.54) is 0 Å². The van der Waals surface area contributed by atoms with Crippen molar-refractivity contribution < 1.29 is 0 Å². The van der Waals surface area contributed by atoms with Gasteiger partial charge < -0.3 is 10.3 Å². The van der Waals surface area contributed by atoms with E-state index in [2.05, 4.69) is 25.3 Å². The number of hydrogen-bond acceptors (Lipinski definition) is 4. The van der Waals surface area contributed by atoms with Crippen LogP contribution in [0.4, 0.5) is 5.95 Å². The summed E-state index contributed by atoms with van der Waals surface area (Å²) >= 11 is 0. The van der Waals surface area contributed by atoms with Gasteiger partial charge in [-0.05, 0) is 33.8 Å². The van der Waals surface area contributed by atoms with E-state index in [-0.39, 0.29) is 6.04 Å². The summed E-state index contributed by atoms with van der Waals surface area (Å²) in [5, 5.41) is 3.24. The Kier molecular flexibility index (Phi) is 3.08. The van der Waals surface area contributed by atoms with Gasteiger partial charge in [-0.3, -0.25) is 0 Å². The molecule has 0 aromatic carbocycles. The SMILES string of the molecule is Cc1cc(C)nc(NC(C)c2ncc(C)[nH]2)n1. The largest absolute Gasteiger partial charge is 0.345 e. The van der Waals surface area contributed by atoms with E-state index in [0.29, 0.717) is 5.95 Å². The third-order valence-corrected chi connectivity index (χ3v) is 2.46. The molecule has 0 saturated heterocycles. The number of aromatic amines is 1. The Balaban J connectivity index is 2.15. The molecule has 0 fully saturated rings. The zero-order valence-electron chi connectivity index (χ0n) is 10.6. The van der Waals surface area contributed by atoms with Crippen LogP contribution in [0.3, 0.4) is 0 Å². The smallest absolute Gasteiger partial charge is 0.223 e. The van der Waals surface area contributed by atoms with Crippen molar-refractivity contribution in [1.29, 1.82) is 0 Å². The molecule has 0 bridgehead atoms. The van der Waals surface area contributed by atoms with Gasteiger partial charge in [0.25, 0.3) is 0 Å². The number of rotatable bonds is 3. The number of aromatic nitrogens is 4. The third-order valence-electron chi connectivity index (χ3n) is 2.46. The normalized spacial score (nSPS) is 12.5. The quantitative estimate of drug-likeness (QED) is 0.850. The Morgan fingerprint density at radius 1 is 1.18 bits per heavy atom. The molecule has 0 spiro atoms. The van der Waals surface area contributed by atoms with Gasteiger partial charge in [0.05, 0.1) is 6.04 Å². The number of anilines is 1. The number of hydrogen-bond donors (Lipinski definition) is 2. The first kappa shape index (κ1) is 11.6. The lowest BCUT2D eigenvalue weighted by Crippen LogP contribution is -2.11. The van der Waals surface area contributed by atoms with E-state index in [1.54, 1.807) is 0 Å². The lowest BCUT2D eigenvalue weighted by molar-refractivity contribution is 0.789. The fraction of sp³-hybridized carbons (Fsp3) is 0.417. The highest BCUT2D eigenvalue weighted by Gasteiger charge is 2.10. The minimum Gasteiger partial charge on any atom is -0.345 e. The molecule has 2 aromatic rings. The summed E-state index contributed by atoms with van der Waals surface area (Å²) in [7, 11) is 0. The van der Waals surface area contributed by atoms with Crippen molar-refractivity contribution in [3.63, 3.8) is 0 Å². The maximum absolute atomic E-state index is 4.34. The second-order valence-corrected chi connectivity index (χ2v) is 4.29. The van der Waals surface area contributed by atoms with Crippen molar-refractivity contribution in [2.75, 3.05) is 5.32 Å². The molecule has 0 aliphatic heterocycles.